The highest BCUT2D eigenvalue weighted by atomic mass is 32.1. The Kier molecular flexibility index (Phi) is 4.24. The Morgan fingerprint density at radius 3 is 3.00 bits per heavy atom. The largest absolute Gasteiger partial charge is 0.352 e. The van der Waals surface area contributed by atoms with Crippen LogP contribution in [0, 0.1) is 5.82 Å². The van der Waals surface area contributed by atoms with Crippen molar-refractivity contribution in [2.75, 3.05) is 6.54 Å². The Bertz CT molecular complexity index is 633. The van der Waals surface area contributed by atoms with Crippen molar-refractivity contribution in [2.24, 2.45) is 0 Å². The maximum Gasteiger partial charge on any atom is 0.252 e. The monoisotopic (exact) mass is 305 g/mol. The number of aryl methyl sites for hydroxylation is 2. The third-order valence-corrected chi connectivity index (χ3v) is 4.70. The third kappa shape index (κ3) is 3.44. The van der Waals surface area contributed by atoms with Gasteiger partial charge in [-0.15, -0.1) is 11.3 Å². The molecule has 0 spiro atoms. The summed E-state index contributed by atoms with van der Waals surface area (Å²) in [4.78, 5) is 21.5. The first-order valence-corrected chi connectivity index (χ1v) is 7.90. The number of amides is 1. The standard InChI is InChI=1S/C15H16FN3OS/c16-11-7-10(8-17-9-11)15(20)18-6-5-14-19-12-3-1-2-4-13(12)21-14/h7-9H,1-6H2,(H,18,20). The van der Waals surface area contributed by atoms with Gasteiger partial charge in [-0.3, -0.25) is 9.78 Å². The molecule has 2 heterocycles. The Hall–Kier alpha value is -1.82. The molecule has 0 radical (unpaired) electrons. The van der Waals surface area contributed by atoms with Gasteiger partial charge >= 0.3 is 0 Å². The highest BCUT2D eigenvalue weighted by Gasteiger charge is 2.15. The Labute approximate surface area is 126 Å². The minimum Gasteiger partial charge on any atom is -0.352 e. The maximum atomic E-state index is 13.0. The molecule has 0 unspecified atom stereocenters. The molecule has 1 aliphatic carbocycles. The molecule has 21 heavy (non-hydrogen) atoms. The van der Waals surface area contributed by atoms with Crippen molar-refractivity contribution in [1.29, 1.82) is 0 Å². The van der Waals surface area contributed by atoms with Gasteiger partial charge in [0.05, 0.1) is 22.5 Å². The van der Waals surface area contributed by atoms with E-state index in [4.69, 9.17) is 0 Å². The predicted octanol–water partition coefficient (Wildman–Crippen LogP) is 2.53. The molecular weight excluding hydrogens is 289 g/mol. The summed E-state index contributed by atoms with van der Waals surface area (Å²) in [6.07, 6.45) is 7.84. The fraction of sp³-hybridized carbons (Fsp3) is 0.400. The summed E-state index contributed by atoms with van der Waals surface area (Å²) in [5, 5.41) is 3.85. The fourth-order valence-electron chi connectivity index (χ4n) is 2.43. The Balaban J connectivity index is 1.54. The van der Waals surface area contributed by atoms with E-state index in [2.05, 4.69) is 15.3 Å². The van der Waals surface area contributed by atoms with Crippen molar-refractivity contribution in [3.05, 3.63) is 45.4 Å². The second-order valence-corrected chi connectivity index (χ2v) is 6.25. The molecule has 3 rings (SSSR count). The van der Waals surface area contributed by atoms with Gasteiger partial charge in [0.1, 0.15) is 5.82 Å². The van der Waals surface area contributed by atoms with E-state index < -0.39 is 5.82 Å². The number of aromatic nitrogens is 2. The number of hydrogen-bond acceptors (Lipinski definition) is 4. The molecule has 0 saturated heterocycles. The summed E-state index contributed by atoms with van der Waals surface area (Å²) in [6.45, 7) is 0.502. The summed E-state index contributed by atoms with van der Waals surface area (Å²) < 4.78 is 13.0. The number of nitrogens with one attached hydrogen (secondary N) is 1. The normalized spacial score (nSPS) is 13.8. The molecule has 4 nitrogen and oxygen atoms in total. The molecule has 2 aromatic rings. The molecule has 0 aliphatic heterocycles. The van der Waals surface area contributed by atoms with Crippen LogP contribution in [0.15, 0.2) is 18.5 Å². The van der Waals surface area contributed by atoms with Crippen molar-refractivity contribution in [2.45, 2.75) is 32.1 Å². The van der Waals surface area contributed by atoms with Crippen LogP contribution < -0.4 is 5.32 Å². The summed E-state index contributed by atoms with van der Waals surface area (Å²) in [5.74, 6) is -0.807. The van der Waals surface area contributed by atoms with Crippen molar-refractivity contribution >= 4 is 17.2 Å². The first kappa shape index (κ1) is 14.1. The molecule has 6 heteroatoms. The molecule has 2 aromatic heterocycles. The minimum absolute atomic E-state index is 0.244. The van der Waals surface area contributed by atoms with Gasteiger partial charge in [0.15, 0.2) is 0 Å². The molecule has 0 aromatic carbocycles. The van der Waals surface area contributed by atoms with Crippen LogP contribution in [-0.4, -0.2) is 22.4 Å². The van der Waals surface area contributed by atoms with Crippen LogP contribution in [0.25, 0.3) is 0 Å². The van der Waals surface area contributed by atoms with Crippen LogP contribution in [-0.2, 0) is 19.3 Å². The van der Waals surface area contributed by atoms with Crippen molar-refractivity contribution in [3.8, 4) is 0 Å². The van der Waals surface area contributed by atoms with Crippen LogP contribution in [0.3, 0.4) is 0 Å². The molecule has 110 valence electrons. The number of halogens is 1. The number of rotatable bonds is 4. The summed E-state index contributed by atoms with van der Waals surface area (Å²) in [7, 11) is 0. The van der Waals surface area contributed by atoms with E-state index in [0.717, 1.165) is 24.0 Å². The van der Waals surface area contributed by atoms with Gasteiger partial charge in [-0.2, -0.15) is 0 Å². The number of carbonyl (C=O) groups excluding carboxylic acids is 1. The van der Waals surface area contributed by atoms with E-state index in [1.165, 1.54) is 35.7 Å². The average molecular weight is 305 g/mol. The first-order chi connectivity index (χ1) is 10.2. The lowest BCUT2D eigenvalue weighted by Crippen LogP contribution is -2.25. The molecule has 1 aliphatic rings. The quantitative estimate of drug-likeness (QED) is 0.944. The summed E-state index contributed by atoms with van der Waals surface area (Å²) >= 11 is 1.75. The van der Waals surface area contributed by atoms with Gasteiger partial charge in [-0.25, -0.2) is 9.37 Å². The average Bonchev–Trinajstić information content (AvgIpc) is 2.89. The van der Waals surface area contributed by atoms with Crippen molar-refractivity contribution in [3.63, 3.8) is 0 Å². The number of carbonyl (C=O) groups is 1. The van der Waals surface area contributed by atoms with Crippen LogP contribution in [0.1, 0.15) is 38.8 Å². The maximum absolute atomic E-state index is 13.0. The molecule has 0 fully saturated rings. The number of nitrogens with zero attached hydrogens (tertiary/aromatic N) is 2. The highest BCUT2D eigenvalue weighted by Crippen LogP contribution is 2.26. The van der Waals surface area contributed by atoms with Gasteiger partial charge < -0.3 is 5.32 Å². The zero-order valence-corrected chi connectivity index (χ0v) is 12.4. The van der Waals surface area contributed by atoms with Crippen molar-refractivity contribution < 1.29 is 9.18 Å². The SMILES string of the molecule is O=C(NCCc1nc2c(s1)CCCC2)c1cncc(F)c1. The lowest BCUT2D eigenvalue weighted by molar-refractivity contribution is 0.0953. The molecule has 0 bridgehead atoms. The second-order valence-electron chi connectivity index (χ2n) is 5.08. The second kappa shape index (κ2) is 6.30. The van der Waals surface area contributed by atoms with Crippen LogP contribution in [0.5, 0.6) is 0 Å². The van der Waals surface area contributed by atoms with Crippen LogP contribution >= 0.6 is 11.3 Å². The molecule has 0 atom stereocenters. The minimum atomic E-state index is -0.504. The molecular formula is C15H16FN3OS. The van der Waals surface area contributed by atoms with Gasteiger partial charge in [-0.1, -0.05) is 0 Å². The predicted molar refractivity (Wildman–Crippen MR) is 79.0 cm³/mol. The van der Waals surface area contributed by atoms with E-state index >= 15 is 0 Å². The summed E-state index contributed by atoms with van der Waals surface area (Å²) in [5.41, 5.74) is 1.48. The lowest BCUT2D eigenvalue weighted by atomic mass is 10.0. The first-order valence-electron chi connectivity index (χ1n) is 7.08. The smallest absolute Gasteiger partial charge is 0.252 e. The lowest BCUT2D eigenvalue weighted by Gasteiger charge is -2.06. The number of pyridine rings is 1. The van der Waals surface area contributed by atoms with E-state index in [1.807, 2.05) is 0 Å². The molecule has 0 saturated carbocycles. The zero-order chi connectivity index (χ0) is 14.7. The molecule has 1 amide bonds. The summed E-state index contributed by atoms with van der Waals surface area (Å²) in [6, 6.07) is 1.18. The third-order valence-electron chi connectivity index (χ3n) is 3.48. The van der Waals surface area contributed by atoms with Crippen LogP contribution in [0.2, 0.25) is 0 Å². The van der Waals surface area contributed by atoms with E-state index in [9.17, 15) is 9.18 Å². The number of hydrogen-bond donors (Lipinski definition) is 1. The Morgan fingerprint density at radius 2 is 2.19 bits per heavy atom. The van der Waals surface area contributed by atoms with E-state index in [-0.39, 0.29) is 11.5 Å². The highest BCUT2D eigenvalue weighted by molar-refractivity contribution is 7.11. The van der Waals surface area contributed by atoms with Gasteiger partial charge in [0, 0.05) is 24.0 Å². The zero-order valence-electron chi connectivity index (χ0n) is 11.6. The fourth-order valence-corrected chi connectivity index (χ4v) is 3.59. The Morgan fingerprint density at radius 1 is 1.33 bits per heavy atom. The van der Waals surface area contributed by atoms with Gasteiger partial charge in [-0.05, 0) is 31.7 Å². The van der Waals surface area contributed by atoms with Crippen LogP contribution in [0.4, 0.5) is 4.39 Å². The van der Waals surface area contributed by atoms with Gasteiger partial charge in [0.25, 0.3) is 5.91 Å². The molecule has 1 N–H and O–H groups in total. The number of thiazole rings is 1. The van der Waals surface area contributed by atoms with Gasteiger partial charge in [0.2, 0.25) is 0 Å². The van der Waals surface area contributed by atoms with E-state index in [1.54, 1.807) is 11.3 Å². The van der Waals surface area contributed by atoms with E-state index in [0.29, 0.717) is 13.0 Å². The van der Waals surface area contributed by atoms with Crippen molar-refractivity contribution in [1.82, 2.24) is 15.3 Å². The number of fused-ring (bicyclic) bond motifs is 1. The topological polar surface area (TPSA) is 54.9 Å².